The summed E-state index contributed by atoms with van der Waals surface area (Å²) in [7, 11) is 0. The molecular formula is C8H15N. The van der Waals surface area contributed by atoms with Crippen LogP contribution < -0.4 is 5.73 Å². The van der Waals surface area contributed by atoms with Gasteiger partial charge in [0.15, 0.2) is 0 Å². The minimum absolute atomic E-state index is 0.634. The zero-order valence-electron chi connectivity index (χ0n) is 6.22. The number of hydrogen-bond donors (Lipinski definition) is 1. The molecular weight excluding hydrogens is 110 g/mol. The molecule has 0 atom stereocenters. The van der Waals surface area contributed by atoms with Crippen molar-refractivity contribution >= 4 is 0 Å². The molecule has 52 valence electrons. The van der Waals surface area contributed by atoms with E-state index in [4.69, 9.17) is 5.73 Å². The van der Waals surface area contributed by atoms with E-state index in [-0.39, 0.29) is 0 Å². The molecule has 0 aliphatic heterocycles. The summed E-state index contributed by atoms with van der Waals surface area (Å²) in [5.41, 5.74) is 6.55. The maximum absolute atomic E-state index is 5.26. The maximum atomic E-state index is 5.26. The molecule has 0 aliphatic rings. The lowest BCUT2D eigenvalue weighted by atomic mass is 10.2. The molecule has 1 heteroatoms. The van der Waals surface area contributed by atoms with Crippen molar-refractivity contribution in [2.45, 2.75) is 20.3 Å². The zero-order chi connectivity index (χ0) is 7.11. The minimum Gasteiger partial charge on any atom is -0.327 e. The van der Waals surface area contributed by atoms with E-state index in [1.54, 1.807) is 0 Å². The monoisotopic (exact) mass is 125 g/mol. The SMILES string of the molecule is CC/C=C(C)/C=C/CN. The van der Waals surface area contributed by atoms with Gasteiger partial charge in [-0.25, -0.2) is 0 Å². The molecule has 0 unspecified atom stereocenters. The second-order valence-electron chi connectivity index (χ2n) is 1.99. The summed E-state index contributed by atoms with van der Waals surface area (Å²) in [5.74, 6) is 0. The molecule has 0 heterocycles. The molecule has 0 bridgehead atoms. The lowest BCUT2D eigenvalue weighted by molar-refractivity contribution is 1.19. The van der Waals surface area contributed by atoms with Crippen LogP contribution in [0, 0.1) is 0 Å². The summed E-state index contributed by atoms with van der Waals surface area (Å²) in [6.45, 7) is 4.84. The van der Waals surface area contributed by atoms with Gasteiger partial charge in [-0.1, -0.05) is 30.7 Å². The van der Waals surface area contributed by atoms with Crippen LogP contribution in [0.3, 0.4) is 0 Å². The van der Waals surface area contributed by atoms with E-state index < -0.39 is 0 Å². The molecule has 0 rings (SSSR count). The Morgan fingerprint density at radius 1 is 1.56 bits per heavy atom. The maximum Gasteiger partial charge on any atom is 0.0110 e. The van der Waals surface area contributed by atoms with Gasteiger partial charge in [-0.15, -0.1) is 0 Å². The second-order valence-corrected chi connectivity index (χ2v) is 1.99. The number of allylic oxidation sites excluding steroid dienone is 3. The van der Waals surface area contributed by atoms with Crippen LogP contribution in [0.15, 0.2) is 23.8 Å². The highest BCUT2D eigenvalue weighted by Gasteiger charge is 1.75. The van der Waals surface area contributed by atoms with Crippen LogP contribution in [0.1, 0.15) is 20.3 Å². The largest absolute Gasteiger partial charge is 0.327 e. The fourth-order valence-electron chi connectivity index (χ4n) is 0.644. The average Bonchev–Trinajstić information content (AvgIpc) is 1.85. The molecule has 9 heavy (non-hydrogen) atoms. The Hall–Kier alpha value is -0.560. The minimum atomic E-state index is 0.634. The van der Waals surface area contributed by atoms with Crippen LogP contribution in [-0.4, -0.2) is 6.54 Å². The molecule has 0 radical (unpaired) electrons. The third kappa shape index (κ3) is 5.31. The van der Waals surface area contributed by atoms with Crippen molar-refractivity contribution in [1.82, 2.24) is 0 Å². The van der Waals surface area contributed by atoms with Gasteiger partial charge in [-0.05, 0) is 13.3 Å². The van der Waals surface area contributed by atoms with E-state index in [0.717, 1.165) is 6.42 Å². The molecule has 0 fully saturated rings. The molecule has 0 aliphatic carbocycles. The third-order valence-electron chi connectivity index (χ3n) is 1.04. The van der Waals surface area contributed by atoms with Crippen molar-refractivity contribution in [3.05, 3.63) is 23.8 Å². The first-order chi connectivity index (χ1) is 4.31. The van der Waals surface area contributed by atoms with Crippen LogP contribution in [0.2, 0.25) is 0 Å². The standard InChI is InChI=1S/C8H15N/c1-3-5-8(2)6-4-7-9/h4-6H,3,7,9H2,1-2H3/b6-4+,8-5+. The Labute approximate surface area is 57.3 Å². The first-order valence-corrected chi connectivity index (χ1v) is 3.34. The van der Waals surface area contributed by atoms with Gasteiger partial charge < -0.3 is 5.73 Å². The van der Waals surface area contributed by atoms with Crippen molar-refractivity contribution in [3.63, 3.8) is 0 Å². The Morgan fingerprint density at radius 3 is 2.67 bits per heavy atom. The summed E-state index contributed by atoms with van der Waals surface area (Å²) < 4.78 is 0. The van der Waals surface area contributed by atoms with Gasteiger partial charge in [0.05, 0.1) is 0 Å². The van der Waals surface area contributed by atoms with E-state index in [1.165, 1.54) is 5.57 Å². The predicted molar refractivity (Wildman–Crippen MR) is 42.2 cm³/mol. The summed E-state index contributed by atoms with van der Waals surface area (Å²) in [6, 6.07) is 0. The molecule has 0 aromatic rings. The van der Waals surface area contributed by atoms with Crippen molar-refractivity contribution in [2.75, 3.05) is 6.54 Å². The normalized spacial score (nSPS) is 13.0. The molecule has 0 amide bonds. The van der Waals surface area contributed by atoms with Crippen molar-refractivity contribution in [3.8, 4) is 0 Å². The van der Waals surface area contributed by atoms with E-state index >= 15 is 0 Å². The van der Waals surface area contributed by atoms with Crippen LogP contribution in [0.4, 0.5) is 0 Å². The molecule has 0 spiro atoms. The van der Waals surface area contributed by atoms with Gasteiger partial charge in [-0.2, -0.15) is 0 Å². The highest BCUT2D eigenvalue weighted by Crippen LogP contribution is 1.95. The zero-order valence-corrected chi connectivity index (χ0v) is 6.22. The van der Waals surface area contributed by atoms with Crippen molar-refractivity contribution < 1.29 is 0 Å². The molecule has 2 N–H and O–H groups in total. The number of hydrogen-bond acceptors (Lipinski definition) is 1. The van der Waals surface area contributed by atoms with Crippen molar-refractivity contribution in [2.24, 2.45) is 5.73 Å². The number of nitrogens with two attached hydrogens (primary N) is 1. The van der Waals surface area contributed by atoms with Crippen molar-refractivity contribution in [1.29, 1.82) is 0 Å². The fraction of sp³-hybridized carbons (Fsp3) is 0.500. The Bertz CT molecular complexity index is 112. The molecule has 0 aromatic carbocycles. The molecule has 0 aromatic heterocycles. The van der Waals surface area contributed by atoms with Gasteiger partial charge in [0.2, 0.25) is 0 Å². The van der Waals surface area contributed by atoms with Gasteiger partial charge in [-0.3, -0.25) is 0 Å². The van der Waals surface area contributed by atoms with Gasteiger partial charge in [0, 0.05) is 6.54 Å². The summed E-state index contributed by atoms with van der Waals surface area (Å²) >= 11 is 0. The van der Waals surface area contributed by atoms with E-state index in [0.29, 0.717) is 6.54 Å². The second kappa shape index (κ2) is 5.57. The predicted octanol–water partition coefficient (Wildman–Crippen LogP) is 1.86. The summed E-state index contributed by atoms with van der Waals surface area (Å²) in [5, 5.41) is 0. The topological polar surface area (TPSA) is 26.0 Å². The lowest BCUT2D eigenvalue weighted by Crippen LogP contribution is -1.92. The Morgan fingerprint density at radius 2 is 2.22 bits per heavy atom. The highest BCUT2D eigenvalue weighted by molar-refractivity contribution is 5.15. The quantitative estimate of drug-likeness (QED) is 0.572. The first kappa shape index (κ1) is 8.44. The third-order valence-corrected chi connectivity index (χ3v) is 1.04. The van der Waals surface area contributed by atoms with Crippen LogP contribution >= 0.6 is 0 Å². The van der Waals surface area contributed by atoms with Crippen LogP contribution in [0.25, 0.3) is 0 Å². The smallest absolute Gasteiger partial charge is 0.0110 e. The Balaban J connectivity index is 3.60. The van der Waals surface area contributed by atoms with E-state index in [2.05, 4.69) is 19.9 Å². The molecule has 0 saturated carbocycles. The highest BCUT2D eigenvalue weighted by atomic mass is 14.5. The van der Waals surface area contributed by atoms with Gasteiger partial charge in [0.1, 0.15) is 0 Å². The molecule has 0 saturated heterocycles. The summed E-state index contributed by atoms with van der Waals surface area (Å²) in [4.78, 5) is 0. The first-order valence-electron chi connectivity index (χ1n) is 3.34. The van der Waals surface area contributed by atoms with Gasteiger partial charge >= 0.3 is 0 Å². The van der Waals surface area contributed by atoms with E-state index in [9.17, 15) is 0 Å². The van der Waals surface area contributed by atoms with Crippen LogP contribution in [0.5, 0.6) is 0 Å². The average molecular weight is 125 g/mol. The fourth-order valence-corrected chi connectivity index (χ4v) is 0.644. The van der Waals surface area contributed by atoms with Gasteiger partial charge in [0.25, 0.3) is 0 Å². The molecule has 1 nitrogen and oxygen atoms in total. The Kier molecular flexibility index (Phi) is 5.23. The summed E-state index contributed by atoms with van der Waals surface area (Å²) in [6.07, 6.45) is 7.28. The van der Waals surface area contributed by atoms with E-state index in [1.807, 2.05) is 12.2 Å². The van der Waals surface area contributed by atoms with Crippen LogP contribution in [-0.2, 0) is 0 Å². The number of rotatable bonds is 3. The lowest BCUT2D eigenvalue weighted by Gasteiger charge is -1.87.